The average molecular weight is 377 g/mol. The summed E-state index contributed by atoms with van der Waals surface area (Å²) >= 11 is 0. The van der Waals surface area contributed by atoms with E-state index in [1.165, 1.54) is 5.56 Å². The molecule has 0 aliphatic carbocycles. The smallest absolute Gasteiger partial charge is 0.243 e. The van der Waals surface area contributed by atoms with E-state index in [4.69, 9.17) is 9.47 Å². The van der Waals surface area contributed by atoms with Crippen molar-refractivity contribution in [3.05, 3.63) is 35.9 Å². The van der Waals surface area contributed by atoms with Gasteiger partial charge in [-0.3, -0.25) is 4.79 Å². The zero-order valence-electron chi connectivity index (χ0n) is 16.7. The lowest BCUT2D eigenvalue weighted by Crippen LogP contribution is -2.51. The zero-order valence-corrected chi connectivity index (χ0v) is 16.7. The first-order valence-corrected chi connectivity index (χ1v) is 9.44. The van der Waals surface area contributed by atoms with Crippen LogP contribution >= 0.6 is 0 Å². The number of carbonyl (C=O) groups is 1. The summed E-state index contributed by atoms with van der Waals surface area (Å²) < 4.78 is 11.2. The summed E-state index contributed by atoms with van der Waals surface area (Å²) in [5.74, 6) is 0.593. The number of hydrogen-bond donors (Lipinski definition) is 2. The van der Waals surface area contributed by atoms with Crippen LogP contribution < -0.4 is 10.6 Å². The van der Waals surface area contributed by atoms with Crippen molar-refractivity contribution in [3.8, 4) is 0 Å². The summed E-state index contributed by atoms with van der Waals surface area (Å²) in [5.41, 5.74) is 0.998. The quantitative estimate of drug-likeness (QED) is 0.524. The van der Waals surface area contributed by atoms with Gasteiger partial charge in [0.15, 0.2) is 5.96 Å². The minimum absolute atomic E-state index is 0.0355. The number of nitrogens with zero attached hydrogens (tertiary/aromatic N) is 2. The van der Waals surface area contributed by atoms with Gasteiger partial charge in [0.1, 0.15) is 6.54 Å². The van der Waals surface area contributed by atoms with E-state index in [1.807, 2.05) is 18.2 Å². The molecular weight excluding hydrogens is 344 g/mol. The van der Waals surface area contributed by atoms with E-state index in [0.717, 1.165) is 25.8 Å². The topological polar surface area (TPSA) is 75.2 Å². The van der Waals surface area contributed by atoms with Gasteiger partial charge in [0.25, 0.3) is 0 Å². The number of rotatable bonds is 8. The maximum Gasteiger partial charge on any atom is 0.243 e. The van der Waals surface area contributed by atoms with Crippen LogP contribution in [0.3, 0.4) is 0 Å². The molecule has 1 heterocycles. The van der Waals surface area contributed by atoms with E-state index >= 15 is 0 Å². The van der Waals surface area contributed by atoms with Gasteiger partial charge in [-0.1, -0.05) is 30.3 Å². The van der Waals surface area contributed by atoms with E-state index in [9.17, 15) is 4.79 Å². The summed E-state index contributed by atoms with van der Waals surface area (Å²) in [7, 11) is 5.20. The fourth-order valence-corrected chi connectivity index (χ4v) is 2.87. The number of carbonyl (C=O) groups excluding carboxylic acids is 1. The maximum atomic E-state index is 11.9. The highest BCUT2D eigenvalue weighted by Crippen LogP contribution is 2.23. The minimum Gasteiger partial charge on any atom is -0.381 e. The molecule has 1 aromatic carbocycles. The normalized spacial score (nSPS) is 16.6. The molecule has 0 unspecified atom stereocenters. The molecule has 0 spiro atoms. The predicted molar refractivity (Wildman–Crippen MR) is 107 cm³/mol. The van der Waals surface area contributed by atoms with Crippen molar-refractivity contribution < 1.29 is 14.3 Å². The Morgan fingerprint density at radius 2 is 1.93 bits per heavy atom. The molecule has 0 atom stereocenters. The fourth-order valence-electron chi connectivity index (χ4n) is 2.87. The molecule has 1 saturated heterocycles. The van der Waals surface area contributed by atoms with Crippen LogP contribution in [0.25, 0.3) is 0 Å². The van der Waals surface area contributed by atoms with Crippen LogP contribution in [-0.2, 0) is 20.7 Å². The second kappa shape index (κ2) is 10.9. The number of methoxy groups -OCH3 is 1. The third kappa shape index (κ3) is 7.19. The molecule has 1 aliphatic rings. The number of aliphatic imine (C=N–C) groups is 1. The lowest BCUT2D eigenvalue weighted by Gasteiger charge is -2.36. The van der Waals surface area contributed by atoms with Crippen LogP contribution in [0, 0.1) is 0 Å². The van der Waals surface area contributed by atoms with Crippen LogP contribution in [0.15, 0.2) is 35.3 Å². The zero-order chi connectivity index (χ0) is 19.5. The second-order valence-corrected chi connectivity index (χ2v) is 6.97. The molecule has 0 saturated carbocycles. The Morgan fingerprint density at radius 1 is 1.22 bits per heavy atom. The fraction of sp³-hybridized carbons (Fsp3) is 0.600. The Balaban J connectivity index is 1.93. The first-order chi connectivity index (χ1) is 13.0. The Morgan fingerprint density at radius 3 is 2.56 bits per heavy atom. The van der Waals surface area contributed by atoms with Crippen LogP contribution in [0.5, 0.6) is 0 Å². The summed E-state index contributed by atoms with van der Waals surface area (Å²) in [6.45, 7) is 2.86. The van der Waals surface area contributed by atoms with Gasteiger partial charge in [0, 0.05) is 60.4 Å². The van der Waals surface area contributed by atoms with Crippen molar-refractivity contribution in [1.82, 2.24) is 15.5 Å². The van der Waals surface area contributed by atoms with Crippen molar-refractivity contribution in [2.75, 3.05) is 54.1 Å². The Labute approximate surface area is 162 Å². The number of benzene rings is 1. The number of amides is 1. The van der Waals surface area contributed by atoms with Gasteiger partial charge in [-0.15, -0.1) is 0 Å². The highest BCUT2D eigenvalue weighted by Gasteiger charge is 2.32. The monoisotopic (exact) mass is 376 g/mol. The van der Waals surface area contributed by atoms with Crippen molar-refractivity contribution >= 4 is 11.9 Å². The van der Waals surface area contributed by atoms with Crippen LogP contribution in [0.2, 0.25) is 0 Å². The molecule has 7 nitrogen and oxygen atoms in total. The van der Waals surface area contributed by atoms with Gasteiger partial charge in [0.2, 0.25) is 5.91 Å². The van der Waals surface area contributed by atoms with Gasteiger partial charge in [-0.2, -0.15) is 0 Å². The van der Waals surface area contributed by atoms with Crippen LogP contribution in [0.1, 0.15) is 18.4 Å². The SMILES string of the molecule is COC1(CNC(=NCC(=O)N(C)C)NCCc2ccccc2)CCOCC1. The van der Waals surface area contributed by atoms with Crippen molar-refractivity contribution in [2.24, 2.45) is 4.99 Å². The molecule has 2 N–H and O–H groups in total. The molecule has 27 heavy (non-hydrogen) atoms. The molecule has 150 valence electrons. The molecule has 0 aromatic heterocycles. The van der Waals surface area contributed by atoms with E-state index in [0.29, 0.717) is 25.7 Å². The predicted octanol–water partition coefficient (Wildman–Crippen LogP) is 1.05. The Kier molecular flexibility index (Phi) is 8.54. The first-order valence-electron chi connectivity index (χ1n) is 9.44. The van der Waals surface area contributed by atoms with Crippen molar-refractivity contribution in [3.63, 3.8) is 0 Å². The molecule has 7 heteroatoms. The number of nitrogens with one attached hydrogen (secondary N) is 2. The second-order valence-electron chi connectivity index (χ2n) is 6.97. The molecule has 0 bridgehead atoms. The summed E-state index contributed by atoms with van der Waals surface area (Å²) in [5, 5.41) is 6.67. The number of likely N-dealkylation sites (N-methyl/N-ethyl adjacent to an activating group) is 1. The van der Waals surface area contributed by atoms with Crippen LogP contribution in [-0.4, -0.2) is 76.4 Å². The van der Waals surface area contributed by atoms with E-state index < -0.39 is 0 Å². The number of ether oxygens (including phenoxy) is 2. The third-order valence-electron chi connectivity index (χ3n) is 4.84. The summed E-state index contributed by atoms with van der Waals surface area (Å²) in [4.78, 5) is 17.9. The average Bonchev–Trinajstić information content (AvgIpc) is 2.70. The molecule has 0 radical (unpaired) electrons. The Hall–Kier alpha value is -2.12. The highest BCUT2D eigenvalue weighted by molar-refractivity contribution is 5.84. The number of guanidine groups is 1. The standard InChI is InChI=1S/C20H32N4O3/c1-24(2)18(25)15-22-19(21-12-9-17-7-5-4-6-8-17)23-16-20(26-3)10-13-27-14-11-20/h4-8H,9-16H2,1-3H3,(H2,21,22,23). The lowest BCUT2D eigenvalue weighted by molar-refractivity contribution is -0.127. The summed E-state index contributed by atoms with van der Waals surface area (Å²) in [6.07, 6.45) is 2.56. The van der Waals surface area contributed by atoms with Gasteiger partial charge in [0.05, 0.1) is 5.60 Å². The molecular formula is C20H32N4O3. The van der Waals surface area contributed by atoms with Gasteiger partial charge in [-0.05, 0) is 12.0 Å². The maximum absolute atomic E-state index is 11.9. The Bertz CT molecular complexity index is 599. The lowest BCUT2D eigenvalue weighted by atomic mass is 9.94. The number of hydrogen-bond acceptors (Lipinski definition) is 4. The van der Waals surface area contributed by atoms with Gasteiger partial charge < -0.3 is 25.0 Å². The minimum atomic E-state index is -0.258. The van der Waals surface area contributed by atoms with E-state index in [1.54, 1.807) is 26.1 Å². The largest absolute Gasteiger partial charge is 0.381 e. The summed E-state index contributed by atoms with van der Waals surface area (Å²) in [6, 6.07) is 10.3. The third-order valence-corrected chi connectivity index (χ3v) is 4.84. The molecule has 2 rings (SSSR count). The van der Waals surface area contributed by atoms with Crippen molar-refractivity contribution in [2.45, 2.75) is 24.9 Å². The van der Waals surface area contributed by atoms with Gasteiger partial charge >= 0.3 is 0 Å². The molecule has 1 aromatic rings. The molecule has 1 fully saturated rings. The van der Waals surface area contributed by atoms with Gasteiger partial charge in [-0.25, -0.2) is 4.99 Å². The first kappa shape index (κ1) is 21.2. The highest BCUT2D eigenvalue weighted by atomic mass is 16.5. The van der Waals surface area contributed by atoms with E-state index in [-0.39, 0.29) is 18.1 Å². The molecule has 1 aliphatic heterocycles. The van der Waals surface area contributed by atoms with Crippen LogP contribution in [0.4, 0.5) is 0 Å². The van der Waals surface area contributed by atoms with Crippen molar-refractivity contribution in [1.29, 1.82) is 0 Å². The van der Waals surface area contributed by atoms with E-state index in [2.05, 4.69) is 27.8 Å². The molecule has 1 amide bonds.